The maximum Gasteiger partial charge on any atom is 0.472 e. The number of carbonyl (C=O) groups excluding carboxylic acids is 4. The molecular formula is C86H164O17P2. The Kier molecular flexibility index (Phi) is 76.4. The number of ether oxygens (including phenoxy) is 4. The predicted molar refractivity (Wildman–Crippen MR) is 432 cm³/mol. The van der Waals surface area contributed by atoms with Gasteiger partial charge in [-0.2, -0.15) is 0 Å². The Balaban J connectivity index is 5.23. The van der Waals surface area contributed by atoms with Crippen molar-refractivity contribution in [1.29, 1.82) is 0 Å². The first kappa shape index (κ1) is 103. The number of phosphoric acid groups is 2. The van der Waals surface area contributed by atoms with E-state index in [0.717, 1.165) is 109 Å². The molecule has 0 saturated heterocycles. The second-order valence-electron chi connectivity index (χ2n) is 30.7. The number of aliphatic hydroxyl groups excluding tert-OH is 1. The third kappa shape index (κ3) is 79.4. The minimum absolute atomic E-state index is 0.0845. The van der Waals surface area contributed by atoms with Crippen LogP contribution in [0.25, 0.3) is 0 Å². The predicted octanol–water partition coefficient (Wildman–Crippen LogP) is 25.9. The number of aliphatic hydroxyl groups is 1. The van der Waals surface area contributed by atoms with Gasteiger partial charge in [0.25, 0.3) is 0 Å². The number of hydrogen-bond acceptors (Lipinski definition) is 15. The normalized spacial score (nSPS) is 13.9. The zero-order chi connectivity index (χ0) is 76.9. The summed E-state index contributed by atoms with van der Waals surface area (Å²) in [5, 5.41) is 10.7. The van der Waals surface area contributed by atoms with Gasteiger partial charge in [0.05, 0.1) is 26.4 Å². The molecule has 105 heavy (non-hydrogen) atoms. The first-order valence-corrected chi connectivity index (χ1v) is 46.9. The summed E-state index contributed by atoms with van der Waals surface area (Å²) >= 11 is 0. The fourth-order valence-corrected chi connectivity index (χ4v) is 14.5. The lowest BCUT2D eigenvalue weighted by Gasteiger charge is -2.21. The van der Waals surface area contributed by atoms with Gasteiger partial charge in [-0.1, -0.05) is 386 Å². The van der Waals surface area contributed by atoms with Crippen molar-refractivity contribution in [3.63, 3.8) is 0 Å². The quantitative estimate of drug-likeness (QED) is 0.0169. The molecule has 0 aromatic heterocycles. The van der Waals surface area contributed by atoms with Crippen molar-refractivity contribution in [2.24, 2.45) is 5.92 Å². The van der Waals surface area contributed by atoms with E-state index < -0.39 is 97.5 Å². The summed E-state index contributed by atoms with van der Waals surface area (Å²) in [6.45, 7) is 7.20. The number of phosphoric ester groups is 2. The van der Waals surface area contributed by atoms with Crippen LogP contribution in [-0.4, -0.2) is 96.7 Å². The fourth-order valence-electron chi connectivity index (χ4n) is 12.9. The van der Waals surface area contributed by atoms with E-state index in [4.69, 9.17) is 37.0 Å². The summed E-state index contributed by atoms with van der Waals surface area (Å²) < 4.78 is 68.8. The topological polar surface area (TPSA) is 237 Å². The summed E-state index contributed by atoms with van der Waals surface area (Å²) in [5.41, 5.74) is 0. The molecule has 3 N–H and O–H groups in total. The second-order valence-corrected chi connectivity index (χ2v) is 33.6. The first-order chi connectivity index (χ1) is 51.0. The zero-order valence-corrected chi connectivity index (χ0v) is 70.1. The van der Waals surface area contributed by atoms with Gasteiger partial charge in [-0.05, 0) is 57.3 Å². The van der Waals surface area contributed by atoms with E-state index >= 15 is 0 Å². The number of hydrogen-bond donors (Lipinski definition) is 3. The highest BCUT2D eigenvalue weighted by Gasteiger charge is 2.30. The van der Waals surface area contributed by atoms with E-state index in [0.29, 0.717) is 31.6 Å². The van der Waals surface area contributed by atoms with Gasteiger partial charge in [0, 0.05) is 25.7 Å². The zero-order valence-electron chi connectivity index (χ0n) is 68.4. The smallest absolute Gasteiger partial charge is 0.462 e. The Morgan fingerprint density at radius 3 is 0.781 bits per heavy atom. The number of rotatable bonds is 84. The van der Waals surface area contributed by atoms with Crippen LogP contribution in [0, 0.1) is 5.92 Å². The van der Waals surface area contributed by atoms with Crippen LogP contribution in [-0.2, 0) is 65.4 Å². The molecule has 0 radical (unpaired) electrons. The largest absolute Gasteiger partial charge is 0.472 e. The molecule has 0 aliphatic heterocycles. The Morgan fingerprint density at radius 1 is 0.295 bits per heavy atom. The summed E-state index contributed by atoms with van der Waals surface area (Å²) in [6, 6.07) is 0. The van der Waals surface area contributed by atoms with Crippen LogP contribution in [0.5, 0.6) is 0 Å². The minimum atomic E-state index is -4.97. The fraction of sp³-hybridized carbons (Fsp3) is 0.907. The van der Waals surface area contributed by atoms with E-state index in [-0.39, 0.29) is 25.7 Å². The number of carbonyl (C=O) groups is 4. The lowest BCUT2D eigenvalue weighted by atomic mass is 10.0. The Bertz CT molecular complexity index is 2090. The van der Waals surface area contributed by atoms with Crippen molar-refractivity contribution in [2.45, 2.75) is 457 Å². The molecule has 620 valence electrons. The van der Waals surface area contributed by atoms with Gasteiger partial charge < -0.3 is 33.8 Å². The molecule has 17 nitrogen and oxygen atoms in total. The van der Waals surface area contributed by atoms with E-state index in [2.05, 4.69) is 58.9 Å². The van der Waals surface area contributed by atoms with Gasteiger partial charge in [0.15, 0.2) is 12.2 Å². The van der Waals surface area contributed by atoms with Crippen LogP contribution in [0.3, 0.4) is 0 Å². The standard InChI is InChI=1S/C86H164O17P2/c1-6-9-12-15-18-21-24-27-30-32-34-36-38-40-43-46-49-52-55-62-67-71-85(90)102-81(75-96-83(88)69-64-59-53-50-47-44-42-39-37-35-33-31-28-25-22-19-16-13-10-7-2)77-100-104(92,93)98-73-80(87)74-99-105(94,95)101-78-82(76-97-84(89)70-65-60-57-56-58-63-68-79(4)5)103-86(91)72-66-61-54-51-48-45-41-29-26-23-20-17-14-11-8-3/h23,26,29,41,79-82,87H,6-22,24-25,27-28,30-40,42-78H2,1-5H3,(H,92,93)(H,94,95)/b26-23-,41-29-/t80-,81-,82-/m1/s1. The monoisotopic (exact) mass is 1530 g/mol. The van der Waals surface area contributed by atoms with Crippen molar-refractivity contribution in [2.75, 3.05) is 39.6 Å². The molecule has 19 heteroatoms. The van der Waals surface area contributed by atoms with Gasteiger partial charge in [-0.25, -0.2) is 9.13 Å². The molecule has 0 heterocycles. The van der Waals surface area contributed by atoms with Crippen LogP contribution in [0.2, 0.25) is 0 Å². The summed E-state index contributed by atoms with van der Waals surface area (Å²) in [6.07, 6.45) is 74.8. The van der Waals surface area contributed by atoms with Gasteiger partial charge in [-0.15, -0.1) is 0 Å². The first-order valence-electron chi connectivity index (χ1n) is 44.0. The summed E-state index contributed by atoms with van der Waals surface area (Å²) in [4.78, 5) is 73.1. The number of unbranched alkanes of at least 4 members (excludes halogenated alkanes) is 53. The number of esters is 4. The van der Waals surface area contributed by atoms with Crippen molar-refractivity contribution in [3.8, 4) is 0 Å². The van der Waals surface area contributed by atoms with Gasteiger partial charge in [0.1, 0.15) is 19.3 Å². The van der Waals surface area contributed by atoms with E-state index in [1.54, 1.807) is 0 Å². The van der Waals surface area contributed by atoms with Crippen LogP contribution < -0.4 is 0 Å². The maximum atomic E-state index is 13.1. The van der Waals surface area contributed by atoms with Crippen molar-refractivity contribution in [3.05, 3.63) is 24.3 Å². The van der Waals surface area contributed by atoms with Crippen LogP contribution in [0.15, 0.2) is 24.3 Å². The Morgan fingerprint density at radius 2 is 0.514 bits per heavy atom. The molecule has 0 amide bonds. The lowest BCUT2D eigenvalue weighted by molar-refractivity contribution is -0.161. The molecular weight excluding hydrogens is 1370 g/mol. The molecule has 0 bridgehead atoms. The molecule has 2 unspecified atom stereocenters. The highest BCUT2D eigenvalue weighted by Crippen LogP contribution is 2.45. The third-order valence-electron chi connectivity index (χ3n) is 19.7. The average Bonchev–Trinajstić information content (AvgIpc) is 0.916. The molecule has 0 aromatic carbocycles. The van der Waals surface area contributed by atoms with Crippen LogP contribution >= 0.6 is 15.6 Å². The highest BCUT2D eigenvalue weighted by molar-refractivity contribution is 7.47. The molecule has 5 atom stereocenters. The van der Waals surface area contributed by atoms with Crippen molar-refractivity contribution >= 4 is 39.5 Å². The molecule has 0 aromatic rings. The van der Waals surface area contributed by atoms with Gasteiger partial charge >= 0.3 is 39.5 Å². The highest BCUT2D eigenvalue weighted by atomic mass is 31.2. The Hall–Kier alpha value is -2.46. The average molecular weight is 1530 g/mol. The van der Waals surface area contributed by atoms with Crippen LogP contribution in [0.1, 0.15) is 439 Å². The molecule has 0 aliphatic carbocycles. The van der Waals surface area contributed by atoms with Gasteiger partial charge in [-0.3, -0.25) is 37.3 Å². The minimum Gasteiger partial charge on any atom is -0.462 e. The summed E-state index contributed by atoms with van der Waals surface area (Å²) in [5.74, 6) is -1.46. The Labute approximate surface area is 643 Å². The maximum absolute atomic E-state index is 13.1. The number of allylic oxidation sites excluding steroid dienone is 4. The van der Waals surface area contributed by atoms with E-state index in [9.17, 15) is 43.2 Å². The summed E-state index contributed by atoms with van der Waals surface area (Å²) in [7, 11) is -9.94. The van der Waals surface area contributed by atoms with Gasteiger partial charge in [0.2, 0.25) is 0 Å². The molecule has 0 spiro atoms. The van der Waals surface area contributed by atoms with E-state index in [1.807, 2.05) is 0 Å². The van der Waals surface area contributed by atoms with Crippen molar-refractivity contribution in [1.82, 2.24) is 0 Å². The molecule has 0 saturated carbocycles. The second kappa shape index (κ2) is 78.2. The van der Waals surface area contributed by atoms with E-state index in [1.165, 1.54) is 244 Å². The SMILES string of the molecule is CCCCCC/C=C\C=C/CCCCCCCC(=O)O[C@H](COC(=O)CCCCCCCCC(C)C)COP(=O)(O)OC[C@H](O)COP(=O)(O)OC[C@@H](COC(=O)CCCCCCCCCCCCCCCCCCCCCC)OC(=O)CCCCCCCCCCCCCCCCCCCCCCC. The molecule has 0 aliphatic rings. The van der Waals surface area contributed by atoms with Crippen LogP contribution in [0.4, 0.5) is 0 Å². The molecule has 0 rings (SSSR count). The molecule has 0 fully saturated rings. The third-order valence-corrected chi connectivity index (χ3v) is 21.6. The van der Waals surface area contributed by atoms with Crippen molar-refractivity contribution < 1.29 is 80.2 Å². The lowest BCUT2D eigenvalue weighted by Crippen LogP contribution is -2.30.